The Kier molecular flexibility index (Phi) is 5.25. The number of piperidine rings is 1. The molecule has 4 rings (SSSR count). The van der Waals surface area contributed by atoms with Crippen molar-refractivity contribution in [1.82, 2.24) is 10.2 Å². The maximum absolute atomic E-state index is 13.3. The van der Waals surface area contributed by atoms with Crippen molar-refractivity contribution in [2.75, 3.05) is 20.2 Å². The summed E-state index contributed by atoms with van der Waals surface area (Å²) in [7, 11) is 1.64. The number of hydrogen-bond acceptors (Lipinski definition) is 3. The Morgan fingerprint density at radius 1 is 1.11 bits per heavy atom. The van der Waals surface area contributed by atoms with Crippen molar-refractivity contribution < 1.29 is 14.3 Å². The van der Waals surface area contributed by atoms with Crippen LogP contribution in [0.1, 0.15) is 43.0 Å². The summed E-state index contributed by atoms with van der Waals surface area (Å²) in [6.07, 6.45) is 4.12. The van der Waals surface area contributed by atoms with Gasteiger partial charge in [0.1, 0.15) is 5.75 Å². The number of nitrogens with zero attached hydrogens (tertiary/aromatic N) is 1. The molecule has 1 aliphatic heterocycles. The van der Waals surface area contributed by atoms with Crippen LogP contribution >= 0.6 is 0 Å². The molecule has 1 aliphatic carbocycles. The largest absolute Gasteiger partial charge is 0.496 e. The molecule has 0 aromatic heterocycles. The number of benzene rings is 2. The Bertz CT molecular complexity index is 891. The van der Waals surface area contributed by atoms with Gasteiger partial charge >= 0.3 is 0 Å². The summed E-state index contributed by atoms with van der Waals surface area (Å²) in [6.45, 7) is 3.27. The minimum atomic E-state index is -0.122. The Hall–Kier alpha value is -2.56. The van der Waals surface area contributed by atoms with Gasteiger partial charge in [-0.3, -0.25) is 9.59 Å². The summed E-state index contributed by atoms with van der Waals surface area (Å²) in [5.41, 5.74) is 0.670. The van der Waals surface area contributed by atoms with Gasteiger partial charge in [-0.25, -0.2) is 0 Å². The highest BCUT2D eigenvalue weighted by Crippen LogP contribution is 2.33. The van der Waals surface area contributed by atoms with Crippen molar-refractivity contribution in [3.63, 3.8) is 0 Å². The maximum atomic E-state index is 13.3. The molecule has 2 atom stereocenters. The topological polar surface area (TPSA) is 58.6 Å². The number of fused-ring (bicyclic) bond motifs is 1. The highest BCUT2D eigenvalue weighted by Gasteiger charge is 2.33. The van der Waals surface area contributed by atoms with Crippen molar-refractivity contribution in [2.45, 2.75) is 38.6 Å². The number of nitrogens with one attached hydrogen (secondary N) is 1. The summed E-state index contributed by atoms with van der Waals surface area (Å²) in [4.78, 5) is 27.8. The van der Waals surface area contributed by atoms with E-state index < -0.39 is 0 Å². The molecular weight excluding hydrogens is 352 g/mol. The number of methoxy groups -OCH3 is 1. The monoisotopic (exact) mass is 380 g/mol. The quantitative estimate of drug-likeness (QED) is 0.862. The third kappa shape index (κ3) is 3.71. The van der Waals surface area contributed by atoms with Crippen LogP contribution in [0, 0.1) is 11.8 Å². The maximum Gasteiger partial charge on any atom is 0.254 e. The van der Waals surface area contributed by atoms with Crippen LogP contribution in [0.5, 0.6) is 5.75 Å². The van der Waals surface area contributed by atoms with Crippen LogP contribution in [-0.4, -0.2) is 43.0 Å². The van der Waals surface area contributed by atoms with E-state index in [1.165, 1.54) is 12.8 Å². The van der Waals surface area contributed by atoms with Gasteiger partial charge < -0.3 is 15.0 Å². The third-order valence-electron chi connectivity index (χ3n) is 6.11. The van der Waals surface area contributed by atoms with Gasteiger partial charge in [-0.2, -0.15) is 0 Å². The lowest BCUT2D eigenvalue weighted by molar-refractivity contribution is -0.127. The lowest BCUT2D eigenvalue weighted by atomic mass is 9.95. The summed E-state index contributed by atoms with van der Waals surface area (Å²) < 4.78 is 5.44. The molecule has 0 spiro atoms. The Morgan fingerprint density at radius 2 is 1.86 bits per heavy atom. The number of carbonyl (C=O) groups excluding carboxylic acids is 2. The molecule has 2 aromatic carbocycles. The molecule has 2 unspecified atom stereocenters. The van der Waals surface area contributed by atoms with Gasteiger partial charge in [0.25, 0.3) is 5.91 Å². The normalized spacial score (nSPS) is 20.6. The lowest BCUT2D eigenvalue weighted by Crippen LogP contribution is -2.47. The number of rotatable bonds is 5. The first-order valence-electron chi connectivity index (χ1n) is 10.2. The molecule has 28 heavy (non-hydrogen) atoms. The van der Waals surface area contributed by atoms with Gasteiger partial charge in [0.15, 0.2) is 0 Å². The summed E-state index contributed by atoms with van der Waals surface area (Å²) in [5.74, 6) is 1.36. The number of hydrogen-bond donors (Lipinski definition) is 1. The number of amides is 2. The molecule has 0 bridgehead atoms. The van der Waals surface area contributed by atoms with Crippen LogP contribution in [-0.2, 0) is 4.79 Å². The van der Waals surface area contributed by atoms with Gasteiger partial charge in [0, 0.05) is 30.1 Å². The van der Waals surface area contributed by atoms with Gasteiger partial charge in [-0.15, -0.1) is 0 Å². The minimum absolute atomic E-state index is 0.00778. The van der Waals surface area contributed by atoms with E-state index in [-0.39, 0.29) is 23.8 Å². The molecule has 0 radical (unpaired) electrons. The molecule has 2 fully saturated rings. The second-order valence-corrected chi connectivity index (χ2v) is 8.09. The van der Waals surface area contributed by atoms with Gasteiger partial charge in [-0.1, -0.05) is 24.3 Å². The van der Waals surface area contributed by atoms with E-state index in [1.54, 1.807) is 7.11 Å². The number of carbonyl (C=O) groups is 2. The molecule has 1 N–H and O–H groups in total. The zero-order valence-electron chi connectivity index (χ0n) is 16.6. The van der Waals surface area contributed by atoms with Gasteiger partial charge in [0.05, 0.1) is 13.0 Å². The second kappa shape index (κ2) is 7.82. The van der Waals surface area contributed by atoms with Crippen LogP contribution in [0.2, 0.25) is 0 Å². The zero-order valence-corrected chi connectivity index (χ0v) is 16.6. The standard InChI is InChI=1S/C23H28N2O3/c1-15(16-9-10-16)24-22(26)17-6-5-13-25(14-17)23(27)20-11-12-21(28-2)19-8-4-3-7-18(19)20/h3-4,7-8,11-12,15-17H,5-6,9-10,13-14H2,1-2H3,(H,24,26). The summed E-state index contributed by atoms with van der Waals surface area (Å²) in [6, 6.07) is 11.7. The van der Waals surface area contributed by atoms with E-state index in [1.807, 2.05) is 41.3 Å². The third-order valence-corrected chi connectivity index (χ3v) is 6.11. The molecule has 2 aromatic rings. The van der Waals surface area contributed by atoms with Crippen LogP contribution < -0.4 is 10.1 Å². The molecule has 2 aliphatic rings. The van der Waals surface area contributed by atoms with E-state index in [0.717, 1.165) is 29.4 Å². The van der Waals surface area contributed by atoms with Gasteiger partial charge in [0.2, 0.25) is 5.91 Å². The average molecular weight is 380 g/mol. The van der Waals surface area contributed by atoms with E-state index in [2.05, 4.69) is 12.2 Å². The van der Waals surface area contributed by atoms with Crippen molar-refractivity contribution in [3.8, 4) is 5.75 Å². The molecule has 148 valence electrons. The van der Waals surface area contributed by atoms with Crippen LogP contribution in [0.3, 0.4) is 0 Å². The fraction of sp³-hybridized carbons (Fsp3) is 0.478. The van der Waals surface area contributed by atoms with E-state index in [0.29, 0.717) is 24.6 Å². The fourth-order valence-electron chi connectivity index (χ4n) is 4.24. The van der Waals surface area contributed by atoms with Crippen molar-refractivity contribution in [1.29, 1.82) is 0 Å². The molecule has 2 amide bonds. The smallest absolute Gasteiger partial charge is 0.254 e. The van der Waals surface area contributed by atoms with Crippen molar-refractivity contribution >= 4 is 22.6 Å². The van der Waals surface area contributed by atoms with E-state index in [9.17, 15) is 9.59 Å². The first kappa shape index (κ1) is 18.8. The van der Waals surface area contributed by atoms with E-state index >= 15 is 0 Å². The van der Waals surface area contributed by atoms with Crippen LogP contribution in [0.4, 0.5) is 0 Å². The van der Waals surface area contributed by atoms with Crippen LogP contribution in [0.25, 0.3) is 10.8 Å². The minimum Gasteiger partial charge on any atom is -0.496 e. The first-order valence-corrected chi connectivity index (χ1v) is 10.2. The predicted molar refractivity (Wildman–Crippen MR) is 109 cm³/mol. The van der Waals surface area contributed by atoms with Gasteiger partial charge in [-0.05, 0) is 56.0 Å². The molecule has 1 saturated heterocycles. The average Bonchev–Trinajstić information content (AvgIpc) is 3.58. The van der Waals surface area contributed by atoms with Crippen molar-refractivity contribution in [2.24, 2.45) is 11.8 Å². The SMILES string of the molecule is COc1ccc(C(=O)N2CCCC(C(=O)NC(C)C3CC3)C2)c2ccccc12. The number of likely N-dealkylation sites (tertiary alicyclic amines) is 1. The Morgan fingerprint density at radius 3 is 2.57 bits per heavy atom. The second-order valence-electron chi connectivity index (χ2n) is 8.09. The Balaban J connectivity index is 1.51. The molecule has 1 heterocycles. The fourth-order valence-corrected chi connectivity index (χ4v) is 4.24. The molecule has 5 heteroatoms. The summed E-state index contributed by atoms with van der Waals surface area (Å²) >= 11 is 0. The highest BCUT2D eigenvalue weighted by atomic mass is 16.5. The highest BCUT2D eigenvalue weighted by molar-refractivity contribution is 6.08. The molecule has 5 nitrogen and oxygen atoms in total. The number of ether oxygens (including phenoxy) is 1. The first-order chi connectivity index (χ1) is 13.6. The van der Waals surface area contributed by atoms with Crippen molar-refractivity contribution in [3.05, 3.63) is 42.0 Å². The summed E-state index contributed by atoms with van der Waals surface area (Å²) in [5, 5.41) is 4.98. The van der Waals surface area contributed by atoms with Crippen LogP contribution in [0.15, 0.2) is 36.4 Å². The molecule has 1 saturated carbocycles. The molecular formula is C23H28N2O3. The zero-order chi connectivity index (χ0) is 19.7. The Labute approximate surface area is 166 Å². The lowest BCUT2D eigenvalue weighted by Gasteiger charge is -2.33. The van der Waals surface area contributed by atoms with E-state index in [4.69, 9.17) is 4.74 Å². The predicted octanol–water partition coefficient (Wildman–Crippen LogP) is 3.62.